The molecule has 0 unspecified atom stereocenters. The molecule has 4 nitrogen and oxygen atoms in total. The molecule has 0 aromatic heterocycles. The first-order valence-corrected chi connectivity index (χ1v) is 6.67. The quantitative estimate of drug-likeness (QED) is 0.318. The van der Waals surface area contributed by atoms with Crippen molar-refractivity contribution in [1.82, 2.24) is 0 Å². The SMILES string of the molecule is O=[N+]([O-])c1cc(Cl)c(OCCCCCCl)c(Cl)c1. The van der Waals surface area contributed by atoms with E-state index in [1.165, 1.54) is 12.1 Å². The van der Waals surface area contributed by atoms with Crippen molar-refractivity contribution in [3.63, 3.8) is 0 Å². The first-order valence-electron chi connectivity index (χ1n) is 5.38. The number of ether oxygens (including phenoxy) is 1. The zero-order valence-electron chi connectivity index (χ0n) is 9.50. The smallest absolute Gasteiger partial charge is 0.272 e. The second-order valence-corrected chi connectivity index (χ2v) is 4.79. The predicted octanol–water partition coefficient (Wildman–Crippen LogP) is 4.69. The summed E-state index contributed by atoms with van der Waals surface area (Å²) in [4.78, 5) is 10.0. The minimum Gasteiger partial charge on any atom is -0.490 e. The van der Waals surface area contributed by atoms with E-state index in [0.717, 1.165) is 19.3 Å². The number of rotatable bonds is 7. The van der Waals surface area contributed by atoms with Gasteiger partial charge in [0.25, 0.3) is 5.69 Å². The monoisotopic (exact) mass is 311 g/mol. The highest BCUT2D eigenvalue weighted by atomic mass is 35.5. The fourth-order valence-corrected chi connectivity index (χ4v) is 2.11. The van der Waals surface area contributed by atoms with E-state index in [1.807, 2.05) is 0 Å². The number of hydrogen-bond acceptors (Lipinski definition) is 3. The molecular weight excluding hydrogens is 300 g/mol. The van der Waals surface area contributed by atoms with E-state index >= 15 is 0 Å². The Kier molecular flexibility index (Phi) is 6.54. The van der Waals surface area contributed by atoms with Crippen molar-refractivity contribution in [2.45, 2.75) is 19.3 Å². The summed E-state index contributed by atoms with van der Waals surface area (Å²) in [6, 6.07) is 2.45. The highest BCUT2D eigenvalue weighted by molar-refractivity contribution is 6.37. The van der Waals surface area contributed by atoms with E-state index < -0.39 is 4.92 Å². The maximum Gasteiger partial charge on any atom is 0.272 e. The maximum atomic E-state index is 10.6. The van der Waals surface area contributed by atoms with Gasteiger partial charge >= 0.3 is 0 Å². The molecule has 7 heteroatoms. The third-order valence-electron chi connectivity index (χ3n) is 2.22. The molecule has 0 aliphatic carbocycles. The summed E-state index contributed by atoms with van der Waals surface area (Å²) >= 11 is 17.3. The van der Waals surface area contributed by atoms with Crippen molar-refractivity contribution in [2.24, 2.45) is 0 Å². The predicted molar refractivity (Wildman–Crippen MR) is 73.2 cm³/mol. The standard InChI is InChI=1S/C11H12Cl3NO3/c12-4-2-1-3-5-18-11-9(13)6-8(15(16)17)7-10(11)14/h6-7H,1-5H2. The van der Waals surface area contributed by atoms with Gasteiger partial charge in [-0.2, -0.15) is 0 Å². The third-order valence-corrected chi connectivity index (χ3v) is 3.05. The van der Waals surface area contributed by atoms with Crippen LogP contribution in [0.4, 0.5) is 5.69 Å². The molecule has 1 rings (SSSR count). The van der Waals surface area contributed by atoms with Gasteiger partial charge < -0.3 is 4.74 Å². The van der Waals surface area contributed by atoms with Gasteiger partial charge in [0.15, 0.2) is 5.75 Å². The lowest BCUT2D eigenvalue weighted by molar-refractivity contribution is -0.384. The number of nitro benzene ring substituents is 1. The molecule has 1 aromatic rings. The number of benzene rings is 1. The zero-order valence-corrected chi connectivity index (χ0v) is 11.8. The van der Waals surface area contributed by atoms with Gasteiger partial charge in [-0.25, -0.2) is 0 Å². The van der Waals surface area contributed by atoms with Crippen LogP contribution in [0, 0.1) is 10.1 Å². The molecule has 1 aromatic carbocycles. The van der Waals surface area contributed by atoms with Gasteiger partial charge in [-0.3, -0.25) is 10.1 Å². The van der Waals surface area contributed by atoms with Crippen LogP contribution in [0.3, 0.4) is 0 Å². The lowest BCUT2D eigenvalue weighted by Gasteiger charge is -2.09. The Balaban J connectivity index is 2.63. The Morgan fingerprint density at radius 3 is 2.28 bits per heavy atom. The van der Waals surface area contributed by atoms with Gasteiger partial charge in [-0.15, -0.1) is 11.6 Å². The molecule has 100 valence electrons. The average Bonchev–Trinajstić information content (AvgIpc) is 2.31. The number of alkyl halides is 1. The molecule has 0 amide bonds. The van der Waals surface area contributed by atoms with E-state index in [9.17, 15) is 10.1 Å². The topological polar surface area (TPSA) is 52.4 Å². The molecule has 0 aliphatic rings. The van der Waals surface area contributed by atoms with Crippen molar-refractivity contribution < 1.29 is 9.66 Å². The Hall–Kier alpha value is -0.710. The molecule has 0 saturated carbocycles. The minimum absolute atomic E-state index is 0.145. The number of unbranched alkanes of at least 4 members (excludes halogenated alkanes) is 2. The number of nitro groups is 1. The van der Waals surface area contributed by atoms with Crippen LogP contribution in [0.2, 0.25) is 10.0 Å². The number of hydrogen-bond donors (Lipinski definition) is 0. The Morgan fingerprint density at radius 1 is 1.17 bits per heavy atom. The largest absolute Gasteiger partial charge is 0.490 e. The highest BCUT2D eigenvalue weighted by Crippen LogP contribution is 2.36. The van der Waals surface area contributed by atoms with Crippen molar-refractivity contribution in [2.75, 3.05) is 12.5 Å². The van der Waals surface area contributed by atoms with Crippen molar-refractivity contribution in [1.29, 1.82) is 0 Å². The second kappa shape index (κ2) is 7.67. The molecule has 0 saturated heterocycles. The lowest BCUT2D eigenvalue weighted by atomic mass is 10.2. The van der Waals surface area contributed by atoms with Crippen molar-refractivity contribution >= 4 is 40.5 Å². The second-order valence-electron chi connectivity index (χ2n) is 3.59. The van der Waals surface area contributed by atoms with Gasteiger partial charge in [0.1, 0.15) is 0 Å². The van der Waals surface area contributed by atoms with E-state index in [1.54, 1.807) is 0 Å². The molecule has 0 atom stereocenters. The fraction of sp³-hybridized carbons (Fsp3) is 0.455. The molecule has 0 fully saturated rings. The zero-order chi connectivity index (χ0) is 13.5. The van der Waals surface area contributed by atoms with E-state index in [2.05, 4.69) is 0 Å². The summed E-state index contributed by atoms with van der Waals surface area (Å²) < 4.78 is 5.42. The van der Waals surface area contributed by atoms with Crippen LogP contribution in [-0.2, 0) is 0 Å². The normalized spacial score (nSPS) is 10.4. The van der Waals surface area contributed by atoms with Crippen LogP contribution in [0.1, 0.15) is 19.3 Å². The van der Waals surface area contributed by atoms with Gasteiger partial charge in [-0.05, 0) is 19.3 Å². The van der Waals surface area contributed by atoms with Crippen LogP contribution in [-0.4, -0.2) is 17.4 Å². The Labute approximate surface area is 120 Å². The molecule has 0 heterocycles. The average molecular weight is 313 g/mol. The summed E-state index contributed by atoms with van der Waals surface area (Å²) in [6.45, 7) is 0.453. The summed E-state index contributed by atoms with van der Waals surface area (Å²) in [5.74, 6) is 0.911. The van der Waals surface area contributed by atoms with Gasteiger partial charge in [0.2, 0.25) is 0 Å². The third kappa shape index (κ3) is 4.52. The summed E-state index contributed by atoms with van der Waals surface area (Å²) in [6.07, 6.45) is 2.70. The summed E-state index contributed by atoms with van der Waals surface area (Å²) in [5.41, 5.74) is -0.153. The van der Waals surface area contributed by atoms with Gasteiger partial charge in [0, 0.05) is 18.0 Å². The van der Waals surface area contributed by atoms with Gasteiger partial charge in [-0.1, -0.05) is 23.2 Å². The molecule has 0 spiro atoms. The maximum absolute atomic E-state index is 10.6. The molecule has 0 radical (unpaired) electrons. The summed E-state index contributed by atoms with van der Waals surface area (Å²) in [7, 11) is 0. The minimum atomic E-state index is -0.554. The van der Waals surface area contributed by atoms with Crippen molar-refractivity contribution in [3.05, 3.63) is 32.3 Å². The van der Waals surface area contributed by atoms with E-state index in [0.29, 0.717) is 12.5 Å². The fourth-order valence-electron chi connectivity index (χ4n) is 1.34. The van der Waals surface area contributed by atoms with E-state index in [-0.39, 0.29) is 21.5 Å². The van der Waals surface area contributed by atoms with Crippen LogP contribution >= 0.6 is 34.8 Å². The molecule has 0 bridgehead atoms. The van der Waals surface area contributed by atoms with E-state index in [4.69, 9.17) is 39.5 Å². The highest BCUT2D eigenvalue weighted by Gasteiger charge is 2.15. The molecule has 0 aliphatic heterocycles. The lowest BCUT2D eigenvalue weighted by Crippen LogP contribution is -1.99. The Morgan fingerprint density at radius 2 is 1.78 bits per heavy atom. The number of nitrogens with zero attached hydrogens (tertiary/aromatic N) is 1. The van der Waals surface area contributed by atoms with Crippen LogP contribution < -0.4 is 4.74 Å². The molecule has 18 heavy (non-hydrogen) atoms. The van der Waals surface area contributed by atoms with Crippen LogP contribution in [0.25, 0.3) is 0 Å². The molecular formula is C11H12Cl3NO3. The van der Waals surface area contributed by atoms with Crippen LogP contribution in [0.5, 0.6) is 5.75 Å². The van der Waals surface area contributed by atoms with Crippen LogP contribution in [0.15, 0.2) is 12.1 Å². The first-order chi connectivity index (χ1) is 8.56. The Bertz CT molecular complexity index is 403. The van der Waals surface area contributed by atoms with Gasteiger partial charge in [0.05, 0.1) is 21.6 Å². The first kappa shape index (κ1) is 15.3. The number of non-ortho nitro benzene ring substituents is 1. The summed E-state index contributed by atoms with van der Waals surface area (Å²) in [5, 5.41) is 10.9. The van der Waals surface area contributed by atoms with Crippen molar-refractivity contribution in [3.8, 4) is 5.75 Å². The number of halogens is 3. The molecule has 0 N–H and O–H groups in total.